The first kappa shape index (κ1) is 37.0. The van der Waals surface area contributed by atoms with Crippen LogP contribution in [0.5, 0.6) is 17.2 Å². The van der Waals surface area contributed by atoms with Gasteiger partial charge in [0.2, 0.25) is 0 Å². The Balaban J connectivity index is 1.66. The molecule has 0 unspecified atom stereocenters. The lowest BCUT2D eigenvalue weighted by Crippen LogP contribution is -2.40. The van der Waals surface area contributed by atoms with E-state index >= 15 is 0 Å². The summed E-state index contributed by atoms with van der Waals surface area (Å²) in [5, 5.41) is 1.04. The number of halogens is 2. The van der Waals surface area contributed by atoms with Crippen molar-refractivity contribution in [1.29, 1.82) is 0 Å². The van der Waals surface area contributed by atoms with Gasteiger partial charge in [-0.15, -0.1) is 0 Å². The van der Waals surface area contributed by atoms with E-state index in [-0.39, 0.29) is 30.5 Å². The van der Waals surface area contributed by atoms with Crippen molar-refractivity contribution in [1.82, 2.24) is 4.57 Å². The normalized spacial score (nSPS) is 14.4. The number of anilines is 1. The van der Waals surface area contributed by atoms with Crippen LogP contribution in [0.2, 0.25) is 10.0 Å². The molecule has 9 nitrogen and oxygen atoms in total. The Morgan fingerprint density at radius 2 is 1.78 bits per heavy atom. The number of hydrogen-bond acceptors (Lipinski definition) is 9. The Kier molecular flexibility index (Phi) is 12.0. The molecule has 5 rings (SSSR count). The van der Waals surface area contributed by atoms with Gasteiger partial charge in [0.25, 0.3) is 5.56 Å². The molecule has 0 aliphatic carbocycles. The summed E-state index contributed by atoms with van der Waals surface area (Å²) in [7, 11) is 1.55. The fourth-order valence-electron chi connectivity index (χ4n) is 5.80. The third-order valence-electron chi connectivity index (χ3n) is 8.19. The van der Waals surface area contributed by atoms with Gasteiger partial charge in [0, 0.05) is 46.0 Å². The number of carbonyl (C=O) groups is 1. The minimum Gasteiger partial charge on any atom is -0.493 e. The maximum atomic E-state index is 14.4. The number of benzene rings is 3. The molecule has 1 atom stereocenters. The molecule has 0 fully saturated rings. The number of ether oxygens (including phenoxy) is 4. The van der Waals surface area contributed by atoms with Gasteiger partial charge >= 0.3 is 5.97 Å². The Morgan fingerprint density at radius 3 is 2.44 bits per heavy atom. The van der Waals surface area contributed by atoms with Crippen LogP contribution in [-0.4, -0.2) is 43.4 Å². The van der Waals surface area contributed by atoms with Gasteiger partial charge < -0.3 is 23.8 Å². The zero-order valence-corrected chi connectivity index (χ0v) is 31.5. The highest BCUT2D eigenvalue weighted by Crippen LogP contribution is 2.37. The summed E-state index contributed by atoms with van der Waals surface area (Å²) in [4.78, 5) is 35.2. The summed E-state index contributed by atoms with van der Waals surface area (Å²) in [5.74, 6) is 1.07. The van der Waals surface area contributed by atoms with Crippen LogP contribution in [-0.2, 0) is 16.1 Å². The minimum atomic E-state index is -0.817. The van der Waals surface area contributed by atoms with E-state index in [1.807, 2.05) is 44.2 Å². The zero-order chi connectivity index (χ0) is 36.1. The lowest BCUT2D eigenvalue weighted by Gasteiger charge is -2.25. The highest BCUT2D eigenvalue weighted by atomic mass is 35.5. The number of methoxy groups -OCH3 is 1. The van der Waals surface area contributed by atoms with Crippen molar-refractivity contribution in [2.24, 2.45) is 4.99 Å². The first-order valence-corrected chi connectivity index (χ1v) is 18.1. The topological polar surface area (TPSA) is 91.6 Å². The number of esters is 1. The second-order valence-electron chi connectivity index (χ2n) is 11.8. The van der Waals surface area contributed by atoms with E-state index in [1.54, 1.807) is 55.9 Å². The molecule has 0 saturated carbocycles. The monoisotopic (exact) mass is 737 g/mol. The standard InChI is InChI=1S/C38H41Cl2N3O6S/c1-8-42(9-2)28-15-12-24(31(20-28)48-21-26-11-14-27(39)19-29(26)40)18-33-36(44)43-35(25-13-16-30(49-22(4)5)32(17-25)46-7)34(37(45)47-10-3)23(6)41-38(43)50-33/h11-20,22,35H,8-10,21H2,1-7H3/b33-18+/t35-/m1/s1. The van der Waals surface area contributed by atoms with Gasteiger partial charge in [-0.3, -0.25) is 9.36 Å². The summed E-state index contributed by atoms with van der Waals surface area (Å²) in [5.41, 5.74) is 3.54. The van der Waals surface area contributed by atoms with E-state index < -0.39 is 12.0 Å². The molecule has 50 heavy (non-hydrogen) atoms. The van der Waals surface area contributed by atoms with Gasteiger partial charge in [-0.1, -0.05) is 46.7 Å². The minimum absolute atomic E-state index is 0.0808. The number of thiazole rings is 1. The summed E-state index contributed by atoms with van der Waals surface area (Å²) in [6.45, 7) is 13.5. The van der Waals surface area contributed by atoms with Crippen molar-refractivity contribution < 1.29 is 23.7 Å². The SMILES string of the molecule is CCOC(=O)C1=C(C)N=c2s/c(=C/c3ccc(N(CC)CC)cc3OCc3ccc(Cl)cc3Cl)c(=O)n2[C@@H]1c1ccc(OC(C)C)c(OC)c1. The van der Waals surface area contributed by atoms with Crippen molar-refractivity contribution in [2.75, 3.05) is 31.7 Å². The highest BCUT2D eigenvalue weighted by molar-refractivity contribution is 7.07. The summed E-state index contributed by atoms with van der Waals surface area (Å²) in [6, 6.07) is 15.8. The van der Waals surface area contributed by atoms with E-state index in [4.69, 9.17) is 47.1 Å². The van der Waals surface area contributed by atoms with Crippen molar-refractivity contribution in [3.8, 4) is 17.2 Å². The zero-order valence-electron chi connectivity index (χ0n) is 29.2. The van der Waals surface area contributed by atoms with Crippen LogP contribution in [0.4, 0.5) is 5.69 Å². The molecule has 2 heterocycles. The number of carbonyl (C=O) groups excluding carboxylic acids is 1. The van der Waals surface area contributed by atoms with Crippen LogP contribution in [0.15, 0.2) is 75.7 Å². The summed E-state index contributed by atoms with van der Waals surface area (Å²) < 4.78 is 25.4. The molecular formula is C38H41Cl2N3O6S. The average Bonchev–Trinajstić information content (AvgIpc) is 3.38. The molecule has 0 radical (unpaired) electrons. The van der Waals surface area contributed by atoms with Crippen LogP contribution >= 0.6 is 34.5 Å². The maximum absolute atomic E-state index is 14.4. The number of nitrogens with zero attached hydrogens (tertiary/aromatic N) is 3. The number of aromatic nitrogens is 1. The van der Waals surface area contributed by atoms with E-state index in [2.05, 4.69) is 18.7 Å². The first-order chi connectivity index (χ1) is 24.0. The van der Waals surface area contributed by atoms with Gasteiger partial charge in [-0.05, 0) is 89.6 Å². The Bertz CT molecular complexity index is 2100. The molecule has 1 aliphatic heterocycles. The van der Waals surface area contributed by atoms with Gasteiger partial charge in [0.05, 0.1) is 41.7 Å². The predicted octanol–water partition coefficient (Wildman–Crippen LogP) is 7.33. The molecule has 12 heteroatoms. The maximum Gasteiger partial charge on any atom is 0.338 e. The second-order valence-corrected chi connectivity index (χ2v) is 13.7. The molecule has 0 spiro atoms. The number of hydrogen-bond donors (Lipinski definition) is 0. The van der Waals surface area contributed by atoms with E-state index in [1.165, 1.54) is 11.3 Å². The number of rotatable bonds is 13. The first-order valence-electron chi connectivity index (χ1n) is 16.5. The lowest BCUT2D eigenvalue weighted by atomic mass is 9.95. The Labute approximate surface area is 306 Å². The van der Waals surface area contributed by atoms with Crippen molar-refractivity contribution in [3.05, 3.63) is 112 Å². The third-order valence-corrected chi connectivity index (χ3v) is 9.76. The smallest absolute Gasteiger partial charge is 0.338 e. The highest BCUT2D eigenvalue weighted by Gasteiger charge is 2.34. The quantitative estimate of drug-likeness (QED) is 0.133. The predicted molar refractivity (Wildman–Crippen MR) is 200 cm³/mol. The largest absolute Gasteiger partial charge is 0.493 e. The van der Waals surface area contributed by atoms with E-state index in [9.17, 15) is 9.59 Å². The number of allylic oxidation sites excluding steroid dienone is 1. The molecular weight excluding hydrogens is 697 g/mol. The molecule has 264 valence electrons. The number of fused-ring (bicyclic) bond motifs is 1. The van der Waals surface area contributed by atoms with Crippen molar-refractivity contribution >= 4 is 52.3 Å². The Morgan fingerprint density at radius 1 is 1.02 bits per heavy atom. The lowest BCUT2D eigenvalue weighted by molar-refractivity contribution is -0.139. The van der Waals surface area contributed by atoms with E-state index in [0.717, 1.165) is 24.3 Å². The summed E-state index contributed by atoms with van der Waals surface area (Å²) in [6.07, 6.45) is 1.72. The van der Waals surface area contributed by atoms with Crippen LogP contribution in [0.1, 0.15) is 64.3 Å². The van der Waals surface area contributed by atoms with Crippen LogP contribution in [0, 0.1) is 0 Å². The molecule has 0 N–H and O–H groups in total. The molecule has 0 amide bonds. The van der Waals surface area contributed by atoms with Crippen LogP contribution < -0.4 is 34.0 Å². The molecule has 1 aliphatic rings. The van der Waals surface area contributed by atoms with Gasteiger partial charge in [-0.25, -0.2) is 9.79 Å². The van der Waals surface area contributed by atoms with E-state index in [0.29, 0.717) is 53.5 Å². The molecule has 4 aromatic rings. The molecule has 3 aromatic carbocycles. The van der Waals surface area contributed by atoms with Crippen LogP contribution in [0.25, 0.3) is 6.08 Å². The fourth-order valence-corrected chi connectivity index (χ4v) is 7.30. The molecule has 0 bridgehead atoms. The third kappa shape index (κ3) is 7.88. The van der Waals surface area contributed by atoms with Gasteiger partial charge in [0.15, 0.2) is 16.3 Å². The average molecular weight is 739 g/mol. The Hall–Kier alpha value is -4.25. The second kappa shape index (κ2) is 16.2. The molecule has 1 aromatic heterocycles. The fraction of sp³-hybridized carbons (Fsp3) is 0.342. The van der Waals surface area contributed by atoms with Gasteiger partial charge in [-0.2, -0.15) is 0 Å². The van der Waals surface area contributed by atoms with Crippen molar-refractivity contribution in [2.45, 2.75) is 60.3 Å². The van der Waals surface area contributed by atoms with Crippen LogP contribution in [0.3, 0.4) is 0 Å². The van der Waals surface area contributed by atoms with Gasteiger partial charge in [0.1, 0.15) is 12.4 Å². The van der Waals surface area contributed by atoms with Crippen molar-refractivity contribution in [3.63, 3.8) is 0 Å². The molecule has 0 saturated heterocycles. The summed E-state index contributed by atoms with van der Waals surface area (Å²) >= 11 is 13.8.